The van der Waals surface area contributed by atoms with Crippen molar-refractivity contribution in [1.29, 1.82) is 0 Å². The Hall–Kier alpha value is -0.320. The monoisotopic (exact) mass is 470 g/mol. The number of aliphatic hydroxyl groups is 3. The van der Waals surface area contributed by atoms with E-state index in [1.165, 1.54) is 0 Å². The van der Waals surface area contributed by atoms with E-state index in [1.54, 1.807) is 0 Å². The van der Waals surface area contributed by atoms with Crippen molar-refractivity contribution in [1.82, 2.24) is 0 Å². The average molecular weight is 471 g/mol. The summed E-state index contributed by atoms with van der Waals surface area (Å²) in [6, 6.07) is 0. The smallest absolute Gasteiger partial charge is 0.171 e. The number of hydrogen-bond donors (Lipinski definition) is 3. The van der Waals surface area contributed by atoms with Gasteiger partial charge in [0.25, 0.3) is 0 Å². The third-order valence-electron chi connectivity index (χ3n) is 9.22. The molecule has 0 bridgehead atoms. The van der Waals surface area contributed by atoms with E-state index >= 15 is 0 Å². The topological polar surface area (TPSA) is 107 Å². The number of fused-ring (bicyclic) bond motifs is 3. The molecule has 0 saturated carbocycles. The van der Waals surface area contributed by atoms with Crippen molar-refractivity contribution in [3.63, 3.8) is 0 Å². The van der Waals surface area contributed by atoms with Crippen molar-refractivity contribution in [2.45, 2.75) is 121 Å². The second kappa shape index (κ2) is 9.28. The summed E-state index contributed by atoms with van der Waals surface area (Å²) in [5.74, 6) is -0.297. The van der Waals surface area contributed by atoms with Crippen molar-refractivity contribution in [2.75, 3.05) is 13.2 Å². The molecule has 14 atom stereocenters. The highest BCUT2D eigenvalue weighted by Gasteiger charge is 2.60. The molecule has 33 heavy (non-hydrogen) atoms. The summed E-state index contributed by atoms with van der Waals surface area (Å²) in [4.78, 5) is 0. The maximum Gasteiger partial charge on any atom is 0.171 e. The van der Waals surface area contributed by atoms with Gasteiger partial charge in [0.15, 0.2) is 5.79 Å². The number of aliphatic hydroxyl groups excluding tert-OH is 3. The summed E-state index contributed by atoms with van der Waals surface area (Å²) in [6.45, 7) is 8.92. The first-order valence-corrected chi connectivity index (χ1v) is 13.0. The van der Waals surface area contributed by atoms with Gasteiger partial charge in [0.2, 0.25) is 0 Å². The molecule has 5 aliphatic rings. The van der Waals surface area contributed by atoms with E-state index in [0.717, 1.165) is 19.3 Å². The molecule has 5 heterocycles. The van der Waals surface area contributed by atoms with Gasteiger partial charge in [-0.1, -0.05) is 27.7 Å². The summed E-state index contributed by atoms with van der Waals surface area (Å²) in [5, 5.41) is 31.8. The Labute approximate surface area is 196 Å². The van der Waals surface area contributed by atoms with Gasteiger partial charge < -0.3 is 39.0 Å². The highest BCUT2D eigenvalue weighted by molar-refractivity contribution is 5.04. The van der Waals surface area contributed by atoms with Gasteiger partial charge in [0, 0.05) is 24.7 Å². The largest absolute Gasteiger partial charge is 0.394 e. The zero-order valence-electron chi connectivity index (χ0n) is 20.3. The maximum absolute atomic E-state index is 11.5. The predicted octanol–water partition coefficient (Wildman–Crippen LogP) is 1.62. The van der Waals surface area contributed by atoms with Crippen LogP contribution in [0.4, 0.5) is 0 Å². The summed E-state index contributed by atoms with van der Waals surface area (Å²) in [5.41, 5.74) is 0. The van der Waals surface area contributed by atoms with Crippen molar-refractivity contribution in [3.8, 4) is 0 Å². The molecule has 190 valence electrons. The Morgan fingerprint density at radius 2 is 1.55 bits per heavy atom. The standard InChI is InChI=1S/C25H42O8/c1-12-8-16(27)20(11-26)30-18-10-19-22(31-17(18)9-12)14(3)21(28)24-23(32-19)13(2)15(4)25(33-24)6-5-7-29-25/h12-24,26-28H,5-11H2,1-4H3/t12-,13-,14-,15?,16?,17?,18+,19-,20-,21-,22?,23+,24?,25?/m0/s1. The van der Waals surface area contributed by atoms with Crippen LogP contribution in [0.2, 0.25) is 0 Å². The molecule has 0 radical (unpaired) electrons. The molecule has 0 amide bonds. The van der Waals surface area contributed by atoms with Crippen LogP contribution >= 0.6 is 0 Å². The van der Waals surface area contributed by atoms with Gasteiger partial charge in [-0.25, -0.2) is 0 Å². The van der Waals surface area contributed by atoms with E-state index < -0.39 is 30.2 Å². The van der Waals surface area contributed by atoms with Gasteiger partial charge in [0.1, 0.15) is 12.2 Å². The highest BCUT2D eigenvalue weighted by Crippen LogP contribution is 2.50. The molecule has 0 aromatic heterocycles. The number of hydrogen-bond acceptors (Lipinski definition) is 8. The quantitative estimate of drug-likeness (QED) is 0.531. The zero-order chi connectivity index (χ0) is 23.5. The molecule has 8 nitrogen and oxygen atoms in total. The average Bonchev–Trinajstić information content (AvgIpc) is 3.22. The van der Waals surface area contributed by atoms with Crippen LogP contribution in [0.1, 0.15) is 59.8 Å². The molecule has 3 N–H and O–H groups in total. The highest BCUT2D eigenvalue weighted by atomic mass is 16.7. The summed E-state index contributed by atoms with van der Waals surface area (Å²) in [6.07, 6.45) is -0.0180. The predicted molar refractivity (Wildman–Crippen MR) is 118 cm³/mol. The maximum atomic E-state index is 11.5. The van der Waals surface area contributed by atoms with E-state index in [0.29, 0.717) is 19.4 Å². The molecule has 0 aromatic rings. The lowest BCUT2D eigenvalue weighted by molar-refractivity contribution is -0.338. The van der Waals surface area contributed by atoms with Crippen molar-refractivity contribution in [3.05, 3.63) is 0 Å². The van der Waals surface area contributed by atoms with Crippen molar-refractivity contribution in [2.24, 2.45) is 23.7 Å². The Bertz CT molecular complexity index is 683. The van der Waals surface area contributed by atoms with Crippen LogP contribution < -0.4 is 0 Å². The lowest BCUT2D eigenvalue weighted by Crippen LogP contribution is -2.60. The van der Waals surface area contributed by atoms with E-state index in [1.807, 2.05) is 6.92 Å². The molecule has 0 aromatic carbocycles. The van der Waals surface area contributed by atoms with E-state index in [2.05, 4.69) is 20.8 Å². The van der Waals surface area contributed by atoms with Gasteiger partial charge in [-0.3, -0.25) is 0 Å². The van der Waals surface area contributed by atoms with Gasteiger partial charge in [-0.2, -0.15) is 0 Å². The lowest BCUT2D eigenvalue weighted by Gasteiger charge is -2.51. The Morgan fingerprint density at radius 1 is 0.818 bits per heavy atom. The van der Waals surface area contributed by atoms with Crippen LogP contribution in [0, 0.1) is 23.7 Å². The minimum Gasteiger partial charge on any atom is -0.394 e. The van der Waals surface area contributed by atoms with Gasteiger partial charge >= 0.3 is 0 Å². The first-order valence-electron chi connectivity index (χ1n) is 13.0. The first-order chi connectivity index (χ1) is 15.7. The molecule has 5 saturated heterocycles. The van der Waals surface area contributed by atoms with E-state index in [4.69, 9.17) is 23.7 Å². The molecule has 0 aliphatic carbocycles. The van der Waals surface area contributed by atoms with Gasteiger partial charge in [-0.05, 0) is 31.1 Å². The molecular formula is C25H42O8. The Morgan fingerprint density at radius 3 is 2.24 bits per heavy atom. The summed E-state index contributed by atoms with van der Waals surface area (Å²) >= 11 is 0. The lowest BCUT2D eigenvalue weighted by atomic mass is 9.76. The van der Waals surface area contributed by atoms with Crippen LogP contribution in [-0.2, 0) is 23.7 Å². The number of ether oxygens (including phenoxy) is 5. The van der Waals surface area contributed by atoms with Crippen LogP contribution in [0.3, 0.4) is 0 Å². The van der Waals surface area contributed by atoms with Crippen LogP contribution in [-0.4, -0.2) is 89.3 Å². The van der Waals surface area contributed by atoms with Crippen LogP contribution in [0.15, 0.2) is 0 Å². The normalized spacial score (nSPS) is 57.4. The molecule has 8 heteroatoms. The van der Waals surface area contributed by atoms with Gasteiger partial charge in [0.05, 0.1) is 55.9 Å². The Kier molecular flexibility index (Phi) is 6.86. The minimum absolute atomic E-state index is 0.143. The van der Waals surface area contributed by atoms with Crippen LogP contribution in [0.5, 0.6) is 0 Å². The summed E-state index contributed by atoms with van der Waals surface area (Å²) in [7, 11) is 0. The fraction of sp³-hybridized carbons (Fsp3) is 1.00. The third-order valence-corrected chi connectivity index (χ3v) is 9.22. The first kappa shape index (κ1) is 24.4. The second-order valence-electron chi connectivity index (χ2n) is 11.4. The fourth-order valence-corrected chi connectivity index (χ4v) is 7.01. The molecule has 1 spiro atoms. The van der Waals surface area contributed by atoms with Gasteiger partial charge in [-0.15, -0.1) is 0 Å². The SMILES string of the molecule is CC1[C@H](C)[C@H]2O[C@H]3C[C@H]4O[C@@H](CO)C(O)C[C@H](C)CC4OC3[C@@H](C)[C@H](O)C2OC12CCCO2. The molecular weight excluding hydrogens is 428 g/mol. The zero-order valence-corrected chi connectivity index (χ0v) is 20.3. The molecule has 5 rings (SSSR count). The van der Waals surface area contributed by atoms with Crippen molar-refractivity contribution >= 4 is 0 Å². The second-order valence-corrected chi connectivity index (χ2v) is 11.4. The minimum atomic E-state index is -0.725. The number of rotatable bonds is 1. The molecule has 6 unspecified atom stereocenters. The Balaban J connectivity index is 1.41. The van der Waals surface area contributed by atoms with Crippen molar-refractivity contribution < 1.29 is 39.0 Å². The molecule has 5 fully saturated rings. The van der Waals surface area contributed by atoms with E-state index in [9.17, 15) is 15.3 Å². The summed E-state index contributed by atoms with van der Waals surface area (Å²) < 4.78 is 32.2. The molecule has 5 aliphatic heterocycles. The van der Waals surface area contributed by atoms with Crippen LogP contribution in [0.25, 0.3) is 0 Å². The van der Waals surface area contributed by atoms with E-state index in [-0.39, 0.29) is 60.8 Å². The third kappa shape index (κ3) is 4.18. The fourth-order valence-electron chi connectivity index (χ4n) is 7.01.